The number of benzene rings is 1. The second-order valence-corrected chi connectivity index (χ2v) is 7.40. The highest BCUT2D eigenvalue weighted by atomic mass is 16.2. The highest BCUT2D eigenvalue weighted by molar-refractivity contribution is 6.03. The van der Waals surface area contributed by atoms with Gasteiger partial charge < -0.3 is 19.7 Å². The standard InChI is InChI=1S/C22H24N6O2/c1-15-16(2)28(14-23-15)18-9-7-17(8-10-18)24-22(30)19-5-4-6-20(25-19)27-12-11-26(3)21(29)13-27/h4-10,14H,11-13H2,1-3H3,(H,24,30). The molecule has 3 heterocycles. The molecular formula is C22H24N6O2. The number of rotatable bonds is 4. The van der Waals surface area contributed by atoms with Crippen molar-refractivity contribution >= 4 is 23.3 Å². The van der Waals surface area contributed by atoms with Gasteiger partial charge in [-0.15, -0.1) is 0 Å². The maximum atomic E-state index is 12.7. The number of carbonyl (C=O) groups is 2. The molecular weight excluding hydrogens is 380 g/mol. The molecule has 0 saturated carbocycles. The van der Waals surface area contributed by atoms with Crippen LogP contribution in [0.2, 0.25) is 0 Å². The number of piperazine rings is 1. The van der Waals surface area contributed by atoms with Crippen LogP contribution >= 0.6 is 0 Å². The van der Waals surface area contributed by atoms with Gasteiger partial charge in [0.15, 0.2) is 0 Å². The van der Waals surface area contributed by atoms with Gasteiger partial charge in [-0.1, -0.05) is 6.07 Å². The van der Waals surface area contributed by atoms with Crippen molar-refractivity contribution < 1.29 is 9.59 Å². The molecule has 154 valence electrons. The number of nitrogens with zero attached hydrogens (tertiary/aromatic N) is 5. The van der Waals surface area contributed by atoms with Gasteiger partial charge in [0.2, 0.25) is 5.91 Å². The molecule has 8 nitrogen and oxygen atoms in total. The van der Waals surface area contributed by atoms with E-state index in [0.29, 0.717) is 30.3 Å². The number of imidazole rings is 1. The average molecular weight is 404 g/mol. The fourth-order valence-corrected chi connectivity index (χ4v) is 3.34. The normalized spacial score (nSPS) is 14.2. The van der Waals surface area contributed by atoms with Crippen LogP contribution in [-0.4, -0.2) is 57.9 Å². The lowest BCUT2D eigenvalue weighted by Crippen LogP contribution is -2.48. The minimum atomic E-state index is -0.292. The molecule has 3 aromatic rings. The van der Waals surface area contributed by atoms with Gasteiger partial charge in [-0.25, -0.2) is 9.97 Å². The van der Waals surface area contributed by atoms with Crippen molar-refractivity contribution in [1.82, 2.24) is 19.4 Å². The predicted molar refractivity (Wildman–Crippen MR) is 115 cm³/mol. The summed E-state index contributed by atoms with van der Waals surface area (Å²) in [6.07, 6.45) is 1.79. The quantitative estimate of drug-likeness (QED) is 0.722. The van der Waals surface area contributed by atoms with Gasteiger partial charge in [-0.2, -0.15) is 0 Å². The first-order valence-corrected chi connectivity index (χ1v) is 9.80. The molecule has 1 aromatic carbocycles. The van der Waals surface area contributed by atoms with Crippen LogP contribution in [0.5, 0.6) is 0 Å². The average Bonchev–Trinajstić information content (AvgIpc) is 3.09. The van der Waals surface area contributed by atoms with Gasteiger partial charge in [0.1, 0.15) is 11.5 Å². The molecule has 8 heteroatoms. The van der Waals surface area contributed by atoms with E-state index in [-0.39, 0.29) is 18.4 Å². The molecule has 1 saturated heterocycles. The molecule has 1 aliphatic rings. The number of likely N-dealkylation sites (N-methyl/N-ethyl adjacent to an activating group) is 1. The van der Waals surface area contributed by atoms with Crippen molar-refractivity contribution in [2.45, 2.75) is 13.8 Å². The van der Waals surface area contributed by atoms with Gasteiger partial charge in [0.05, 0.1) is 18.6 Å². The molecule has 0 atom stereocenters. The molecule has 0 aliphatic carbocycles. The van der Waals surface area contributed by atoms with E-state index in [1.807, 2.05) is 53.6 Å². The molecule has 0 unspecified atom stereocenters. The number of pyridine rings is 1. The van der Waals surface area contributed by atoms with E-state index >= 15 is 0 Å². The summed E-state index contributed by atoms with van der Waals surface area (Å²) in [5.41, 5.74) is 4.03. The Hall–Kier alpha value is -3.68. The molecule has 2 aromatic heterocycles. The first-order chi connectivity index (χ1) is 14.4. The fraction of sp³-hybridized carbons (Fsp3) is 0.273. The van der Waals surface area contributed by atoms with E-state index in [2.05, 4.69) is 15.3 Å². The molecule has 0 bridgehead atoms. The van der Waals surface area contributed by atoms with Crippen LogP contribution in [0.25, 0.3) is 5.69 Å². The molecule has 0 radical (unpaired) electrons. The monoisotopic (exact) mass is 404 g/mol. The Morgan fingerprint density at radius 2 is 1.83 bits per heavy atom. The highest BCUT2D eigenvalue weighted by Gasteiger charge is 2.22. The Balaban J connectivity index is 1.46. The van der Waals surface area contributed by atoms with Crippen molar-refractivity contribution in [2.24, 2.45) is 0 Å². The second kappa shape index (κ2) is 7.98. The number of hydrogen-bond acceptors (Lipinski definition) is 5. The maximum Gasteiger partial charge on any atom is 0.274 e. The maximum absolute atomic E-state index is 12.7. The van der Waals surface area contributed by atoms with Crippen LogP contribution in [0, 0.1) is 13.8 Å². The Labute approximate surface area is 175 Å². The van der Waals surface area contributed by atoms with Crippen LogP contribution in [0.3, 0.4) is 0 Å². The van der Waals surface area contributed by atoms with Crippen molar-refractivity contribution in [3.05, 3.63) is 65.9 Å². The molecule has 2 amide bonds. The zero-order valence-electron chi connectivity index (χ0n) is 17.3. The first kappa shape index (κ1) is 19.6. The van der Waals surface area contributed by atoms with Crippen molar-refractivity contribution in [1.29, 1.82) is 0 Å². The second-order valence-electron chi connectivity index (χ2n) is 7.40. The third kappa shape index (κ3) is 3.89. The summed E-state index contributed by atoms with van der Waals surface area (Å²) < 4.78 is 2.00. The van der Waals surface area contributed by atoms with Crippen molar-refractivity contribution in [3.63, 3.8) is 0 Å². The largest absolute Gasteiger partial charge is 0.346 e. The van der Waals surface area contributed by atoms with Gasteiger partial charge >= 0.3 is 0 Å². The topological polar surface area (TPSA) is 83.4 Å². The lowest BCUT2D eigenvalue weighted by molar-refractivity contribution is -0.129. The third-order valence-corrected chi connectivity index (χ3v) is 5.40. The lowest BCUT2D eigenvalue weighted by Gasteiger charge is -2.32. The summed E-state index contributed by atoms with van der Waals surface area (Å²) in [5, 5.41) is 2.88. The molecule has 4 rings (SSSR count). The van der Waals surface area contributed by atoms with Crippen molar-refractivity contribution in [3.8, 4) is 5.69 Å². The minimum Gasteiger partial charge on any atom is -0.346 e. The van der Waals surface area contributed by atoms with Gasteiger partial charge in [-0.05, 0) is 50.2 Å². The molecule has 0 spiro atoms. The Kier molecular flexibility index (Phi) is 5.22. The molecule has 1 fully saturated rings. The van der Waals surface area contributed by atoms with E-state index in [1.165, 1.54) is 0 Å². The summed E-state index contributed by atoms with van der Waals surface area (Å²) in [6.45, 7) is 5.58. The summed E-state index contributed by atoms with van der Waals surface area (Å²) in [5.74, 6) is 0.381. The summed E-state index contributed by atoms with van der Waals surface area (Å²) >= 11 is 0. The Morgan fingerprint density at radius 1 is 1.07 bits per heavy atom. The van der Waals surface area contributed by atoms with Gasteiger partial charge in [0.25, 0.3) is 5.91 Å². The van der Waals surface area contributed by atoms with Crippen molar-refractivity contribution in [2.75, 3.05) is 36.9 Å². The molecule has 1 N–H and O–H groups in total. The number of carbonyl (C=O) groups excluding carboxylic acids is 2. The SMILES string of the molecule is Cc1ncn(-c2ccc(NC(=O)c3cccc(N4CCN(C)C(=O)C4)n3)cc2)c1C. The smallest absolute Gasteiger partial charge is 0.274 e. The lowest BCUT2D eigenvalue weighted by atomic mass is 10.2. The first-order valence-electron chi connectivity index (χ1n) is 9.80. The molecule has 1 aliphatic heterocycles. The van der Waals surface area contributed by atoms with Gasteiger partial charge in [0, 0.05) is 37.2 Å². The van der Waals surface area contributed by atoms with Crippen LogP contribution in [0.1, 0.15) is 21.9 Å². The zero-order chi connectivity index (χ0) is 21.3. The predicted octanol–water partition coefficient (Wildman–Crippen LogP) is 2.41. The van der Waals surface area contributed by atoms with E-state index in [0.717, 1.165) is 17.1 Å². The van der Waals surface area contributed by atoms with Crippen LogP contribution in [0.4, 0.5) is 11.5 Å². The van der Waals surface area contributed by atoms with Crippen LogP contribution in [-0.2, 0) is 4.79 Å². The summed E-state index contributed by atoms with van der Waals surface area (Å²) in [4.78, 5) is 37.0. The highest BCUT2D eigenvalue weighted by Crippen LogP contribution is 2.18. The van der Waals surface area contributed by atoms with E-state index in [1.54, 1.807) is 30.4 Å². The Bertz CT molecular complexity index is 1090. The van der Waals surface area contributed by atoms with E-state index < -0.39 is 0 Å². The molecule has 30 heavy (non-hydrogen) atoms. The van der Waals surface area contributed by atoms with E-state index in [4.69, 9.17) is 0 Å². The van der Waals surface area contributed by atoms with Crippen LogP contribution < -0.4 is 10.2 Å². The minimum absolute atomic E-state index is 0.0429. The fourth-order valence-electron chi connectivity index (χ4n) is 3.34. The number of aromatic nitrogens is 3. The summed E-state index contributed by atoms with van der Waals surface area (Å²) in [7, 11) is 1.79. The third-order valence-electron chi connectivity index (χ3n) is 5.40. The number of anilines is 2. The number of nitrogens with one attached hydrogen (secondary N) is 1. The summed E-state index contributed by atoms with van der Waals surface area (Å²) in [6, 6.07) is 12.8. The number of hydrogen-bond donors (Lipinski definition) is 1. The van der Waals surface area contributed by atoms with Crippen LogP contribution in [0.15, 0.2) is 48.8 Å². The van der Waals surface area contributed by atoms with E-state index in [9.17, 15) is 9.59 Å². The zero-order valence-corrected chi connectivity index (χ0v) is 17.3. The Morgan fingerprint density at radius 3 is 2.50 bits per heavy atom. The number of aryl methyl sites for hydroxylation is 1. The van der Waals surface area contributed by atoms with Gasteiger partial charge in [-0.3, -0.25) is 9.59 Å². The number of amides is 2.